The molecule has 1 saturated heterocycles. The summed E-state index contributed by atoms with van der Waals surface area (Å²) in [6, 6.07) is 7.79. The van der Waals surface area contributed by atoms with E-state index in [4.69, 9.17) is 4.74 Å². The summed E-state index contributed by atoms with van der Waals surface area (Å²) in [6.07, 6.45) is 8.97. The average Bonchev–Trinajstić information content (AvgIpc) is 2.81. The minimum Gasteiger partial charge on any atom is -0.494 e. The van der Waals surface area contributed by atoms with E-state index in [2.05, 4.69) is 18.9 Å². The van der Waals surface area contributed by atoms with E-state index in [0.717, 1.165) is 30.2 Å². The molecular weight excluding hydrogens is 312 g/mol. The van der Waals surface area contributed by atoms with Gasteiger partial charge in [-0.15, -0.1) is 0 Å². The number of hydrazine groups is 1. The van der Waals surface area contributed by atoms with Crippen molar-refractivity contribution >= 4 is 11.6 Å². The van der Waals surface area contributed by atoms with Crippen LogP contribution in [0.15, 0.2) is 36.5 Å². The van der Waals surface area contributed by atoms with Crippen molar-refractivity contribution in [3.05, 3.63) is 36.5 Å². The SMILES string of the molecule is C=C1N(c2ccc(OCCCCCCCCC)cc2)NC(=O)C1(C)C. The number of amides is 1. The Balaban J connectivity index is 1.74. The lowest BCUT2D eigenvalue weighted by Crippen LogP contribution is -2.32. The molecule has 1 aromatic rings. The van der Waals surface area contributed by atoms with Gasteiger partial charge in [0.1, 0.15) is 5.75 Å². The first kappa shape index (κ1) is 19.4. The Morgan fingerprint density at radius 2 is 1.64 bits per heavy atom. The quantitative estimate of drug-likeness (QED) is 0.593. The van der Waals surface area contributed by atoms with E-state index < -0.39 is 5.41 Å². The van der Waals surface area contributed by atoms with E-state index in [-0.39, 0.29) is 5.91 Å². The molecule has 1 aliphatic rings. The summed E-state index contributed by atoms with van der Waals surface area (Å²) in [4.78, 5) is 12.0. The van der Waals surface area contributed by atoms with Gasteiger partial charge in [0.05, 0.1) is 17.7 Å². The largest absolute Gasteiger partial charge is 0.494 e. The number of nitrogens with one attached hydrogen (secondary N) is 1. The smallest absolute Gasteiger partial charge is 0.250 e. The molecule has 0 aliphatic carbocycles. The van der Waals surface area contributed by atoms with Crippen molar-refractivity contribution in [1.29, 1.82) is 0 Å². The van der Waals surface area contributed by atoms with E-state index in [0.29, 0.717) is 0 Å². The summed E-state index contributed by atoms with van der Waals surface area (Å²) in [6.45, 7) is 10.8. The Kier molecular flexibility index (Phi) is 6.91. The summed E-state index contributed by atoms with van der Waals surface area (Å²) < 4.78 is 5.81. The molecule has 0 bridgehead atoms. The Hall–Kier alpha value is -1.97. The van der Waals surface area contributed by atoms with E-state index >= 15 is 0 Å². The molecule has 0 aromatic heterocycles. The van der Waals surface area contributed by atoms with Gasteiger partial charge in [0, 0.05) is 5.70 Å². The van der Waals surface area contributed by atoms with Crippen molar-refractivity contribution in [2.24, 2.45) is 5.41 Å². The first-order chi connectivity index (χ1) is 12.0. The second-order valence-corrected chi connectivity index (χ2v) is 7.31. The molecule has 0 radical (unpaired) electrons. The third kappa shape index (κ3) is 5.00. The number of hydrogen-bond acceptors (Lipinski definition) is 3. The van der Waals surface area contributed by atoms with Gasteiger partial charge in [-0.05, 0) is 44.5 Å². The van der Waals surface area contributed by atoms with E-state index in [1.807, 2.05) is 38.1 Å². The van der Waals surface area contributed by atoms with Crippen LogP contribution in [-0.2, 0) is 4.79 Å². The zero-order chi connectivity index (χ0) is 18.3. The van der Waals surface area contributed by atoms with Crippen molar-refractivity contribution in [2.45, 2.75) is 65.7 Å². The van der Waals surface area contributed by atoms with Crippen molar-refractivity contribution < 1.29 is 9.53 Å². The van der Waals surface area contributed by atoms with Gasteiger partial charge >= 0.3 is 0 Å². The molecule has 1 heterocycles. The molecule has 1 aliphatic heterocycles. The Bertz CT molecular complexity index is 578. The second-order valence-electron chi connectivity index (χ2n) is 7.31. The van der Waals surface area contributed by atoms with Gasteiger partial charge in [-0.25, -0.2) is 0 Å². The summed E-state index contributed by atoms with van der Waals surface area (Å²) in [5.41, 5.74) is 3.94. The molecule has 2 rings (SSSR count). The summed E-state index contributed by atoms with van der Waals surface area (Å²) in [5, 5.41) is 1.75. The van der Waals surface area contributed by atoms with Crippen molar-refractivity contribution in [1.82, 2.24) is 5.43 Å². The number of unbranched alkanes of at least 4 members (excludes halogenated alkanes) is 6. The van der Waals surface area contributed by atoms with Crippen LogP contribution in [0, 0.1) is 5.41 Å². The van der Waals surface area contributed by atoms with E-state index in [1.165, 1.54) is 38.5 Å². The third-order valence-electron chi connectivity index (χ3n) is 4.88. The van der Waals surface area contributed by atoms with Crippen molar-refractivity contribution in [3.8, 4) is 5.75 Å². The van der Waals surface area contributed by atoms with Crippen LogP contribution in [0.1, 0.15) is 65.7 Å². The normalized spacial score (nSPS) is 16.2. The summed E-state index contributed by atoms with van der Waals surface area (Å²) in [7, 11) is 0. The van der Waals surface area contributed by atoms with Crippen LogP contribution in [0.4, 0.5) is 5.69 Å². The third-order valence-corrected chi connectivity index (χ3v) is 4.88. The number of nitrogens with zero attached hydrogens (tertiary/aromatic N) is 1. The van der Waals surface area contributed by atoms with Crippen molar-refractivity contribution in [2.75, 3.05) is 11.6 Å². The molecule has 4 nitrogen and oxygen atoms in total. The highest BCUT2D eigenvalue weighted by Crippen LogP contribution is 2.36. The van der Waals surface area contributed by atoms with E-state index in [9.17, 15) is 4.79 Å². The first-order valence-electron chi connectivity index (χ1n) is 9.50. The molecule has 0 spiro atoms. The van der Waals surface area contributed by atoms with Crippen LogP contribution < -0.4 is 15.2 Å². The molecular formula is C21H32N2O2. The maximum absolute atomic E-state index is 12.0. The molecule has 0 unspecified atom stereocenters. The number of carbonyl (C=O) groups is 1. The van der Waals surface area contributed by atoms with Crippen molar-refractivity contribution in [3.63, 3.8) is 0 Å². The lowest BCUT2D eigenvalue weighted by atomic mass is 9.90. The molecule has 1 N–H and O–H groups in total. The molecule has 1 amide bonds. The number of rotatable bonds is 10. The van der Waals surface area contributed by atoms with Crippen LogP contribution in [0.2, 0.25) is 0 Å². The van der Waals surface area contributed by atoms with Crippen LogP contribution in [0.25, 0.3) is 0 Å². The summed E-state index contributed by atoms with van der Waals surface area (Å²) >= 11 is 0. The minimum atomic E-state index is -0.577. The van der Waals surface area contributed by atoms with Crippen LogP contribution in [0.5, 0.6) is 5.75 Å². The fourth-order valence-electron chi connectivity index (χ4n) is 2.88. The average molecular weight is 344 g/mol. The van der Waals surface area contributed by atoms with Crippen LogP contribution in [-0.4, -0.2) is 12.5 Å². The Labute approximate surface area is 152 Å². The molecule has 138 valence electrons. The standard InChI is InChI=1S/C21H32N2O2/c1-5-6-7-8-9-10-11-16-25-19-14-12-18(13-15-19)23-17(2)21(3,4)20(24)22-23/h12-15H,2,5-11,16H2,1,3-4H3,(H,22,24). The highest BCUT2D eigenvalue weighted by Gasteiger charge is 2.42. The maximum atomic E-state index is 12.0. The first-order valence-corrected chi connectivity index (χ1v) is 9.50. The molecule has 1 fully saturated rings. The predicted molar refractivity (Wildman–Crippen MR) is 103 cm³/mol. The fourth-order valence-corrected chi connectivity index (χ4v) is 2.88. The van der Waals surface area contributed by atoms with Gasteiger partial charge < -0.3 is 4.74 Å². The van der Waals surface area contributed by atoms with Crippen LogP contribution in [0.3, 0.4) is 0 Å². The zero-order valence-electron chi connectivity index (χ0n) is 15.9. The lowest BCUT2D eigenvalue weighted by Gasteiger charge is -2.21. The highest BCUT2D eigenvalue weighted by atomic mass is 16.5. The lowest BCUT2D eigenvalue weighted by molar-refractivity contribution is -0.125. The van der Waals surface area contributed by atoms with Gasteiger partial charge in [0.25, 0.3) is 0 Å². The maximum Gasteiger partial charge on any atom is 0.250 e. The number of benzene rings is 1. The summed E-state index contributed by atoms with van der Waals surface area (Å²) in [5.74, 6) is 0.835. The minimum absolute atomic E-state index is 0.0308. The fraction of sp³-hybridized carbons (Fsp3) is 0.571. The Morgan fingerprint density at radius 1 is 1.04 bits per heavy atom. The number of anilines is 1. The van der Waals surface area contributed by atoms with Gasteiger partial charge in [0.2, 0.25) is 5.91 Å². The molecule has 1 aromatic carbocycles. The monoisotopic (exact) mass is 344 g/mol. The van der Waals surface area contributed by atoms with Gasteiger partial charge in [0.15, 0.2) is 0 Å². The van der Waals surface area contributed by atoms with Crippen LogP contribution >= 0.6 is 0 Å². The second kappa shape index (κ2) is 8.93. The predicted octanol–water partition coefficient (Wildman–Crippen LogP) is 5.21. The molecule has 4 heteroatoms. The zero-order valence-corrected chi connectivity index (χ0v) is 15.9. The van der Waals surface area contributed by atoms with Gasteiger partial charge in [-0.2, -0.15) is 0 Å². The van der Waals surface area contributed by atoms with Gasteiger partial charge in [-0.3, -0.25) is 15.2 Å². The van der Waals surface area contributed by atoms with Gasteiger partial charge in [-0.1, -0.05) is 52.0 Å². The topological polar surface area (TPSA) is 41.6 Å². The Morgan fingerprint density at radius 3 is 2.20 bits per heavy atom. The molecule has 25 heavy (non-hydrogen) atoms. The molecule has 0 saturated carbocycles. The van der Waals surface area contributed by atoms with E-state index in [1.54, 1.807) is 5.01 Å². The molecule has 0 atom stereocenters. The number of carbonyl (C=O) groups excluding carboxylic acids is 1. The number of ether oxygens (including phenoxy) is 1. The number of hydrogen-bond donors (Lipinski definition) is 1. The highest BCUT2D eigenvalue weighted by molar-refractivity contribution is 5.92.